The first-order valence-electron chi connectivity index (χ1n) is 6.24. The summed E-state index contributed by atoms with van der Waals surface area (Å²) in [7, 11) is 1.90. The second-order valence-corrected chi connectivity index (χ2v) is 4.49. The Balaban J connectivity index is 2.07. The van der Waals surface area contributed by atoms with E-state index in [1.807, 2.05) is 30.1 Å². The van der Waals surface area contributed by atoms with Crippen LogP contribution in [-0.2, 0) is 6.42 Å². The number of hydrogen-bond acceptors (Lipinski definition) is 5. The fourth-order valence-electron chi connectivity index (χ4n) is 1.82. The highest BCUT2D eigenvalue weighted by atomic mass is 16.1. The standard InChI is InChI=1S/C14H17N5O/c1-19(7-5-10-4-2-3-6-17-10)13-8-11(14(16)20)12(15)9-18-13/h2-4,6,8-9H,5,7,15H2,1H3,(H2,16,20). The van der Waals surface area contributed by atoms with Crippen LogP contribution in [0.4, 0.5) is 11.5 Å². The Morgan fingerprint density at radius 3 is 2.80 bits per heavy atom. The summed E-state index contributed by atoms with van der Waals surface area (Å²) in [5, 5.41) is 0. The van der Waals surface area contributed by atoms with Crippen molar-refractivity contribution in [3.8, 4) is 0 Å². The van der Waals surface area contributed by atoms with Crippen molar-refractivity contribution in [1.82, 2.24) is 9.97 Å². The van der Waals surface area contributed by atoms with Gasteiger partial charge in [-0.2, -0.15) is 0 Å². The first-order chi connectivity index (χ1) is 9.58. The van der Waals surface area contributed by atoms with Gasteiger partial charge in [0.1, 0.15) is 5.82 Å². The number of likely N-dealkylation sites (N-methyl/N-ethyl adjacent to an activating group) is 1. The van der Waals surface area contributed by atoms with Gasteiger partial charge in [-0.15, -0.1) is 0 Å². The zero-order valence-electron chi connectivity index (χ0n) is 11.3. The molecule has 0 unspecified atom stereocenters. The third kappa shape index (κ3) is 3.23. The number of primary amides is 1. The zero-order chi connectivity index (χ0) is 14.5. The maximum absolute atomic E-state index is 11.3. The van der Waals surface area contributed by atoms with Crippen molar-refractivity contribution in [3.63, 3.8) is 0 Å². The molecule has 0 spiro atoms. The van der Waals surface area contributed by atoms with Crippen molar-refractivity contribution in [2.75, 3.05) is 24.2 Å². The molecule has 0 aliphatic rings. The second kappa shape index (κ2) is 6.01. The van der Waals surface area contributed by atoms with Gasteiger partial charge in [0.05, 0.1) is 17.4 Å². The molecule has 2 heterocycles. The molecule has 6 nitrogen and oxygen atoms in total. The van der Waals surface area contributed by atoms with E-state index in [0.29, 0.717) is 17.1 Å². The first kappa shape index (κ1) is 13.8. The highest BCUT2D eigenvalue weighted by Gasteiger charge is 2.10. The number of anilines is 2. The molecule has 2 aromatic rings. The van der Waals surface area contributed by atoms with Gasteiger partial charge in [0.15, 0.2) is 0 Å². The van der Waals surface area contributed by atoms with Crippen LogP contribution >= 0.6 is 0 Å². The fraction of sp³-hybridized carbons (Fsp3) is 0.214. The molecule has 0 atom stereocenters. The number of hydrogen-bond donors (Lipinski definition) is 2. The van der Waals surface area contributed by atoms with Crippen molar-refractivity contribution in [2.24, 2.45) is 5.73 Å². The van der Waals surface area contributed by atoms with E-state index in [0.717, 1.165) is 18.7 Å². The maximum atomic E-state index is 11.3. The van der Waals surface area contributed by atoms with Gasteiger partial charge >= 0.3 is 0 Å². The Labute approximate surface area is 117 Å². The number of nitrogens with zero attached hydrogens (tertiary/aromatic N) is 3. The molecule has 0 aliphatic carbocycles. The topological polar surface area (TPSA) is 98.1 Å². The van der Waals surface area contributed by atoms with Crippen LogP contribution in [0.25, 0.3) is 0 Å². The molecule has 104 valence electrons. The Morgan fingerprint density at radius 1 is 1.35 bits per heavy atom. The molecule has 6 heteroatoms. The minimum Gasteiger partial charge on any atom is -0.397 e. The maximum Gasteiger partial charge on any atom is 0.250 e. The van der Waals surface area contributed by atoms with E-state index in [2.05, 4.69) is 9.97 Å². The Kier molecular flexibility index (Phi) is 4.14. The summed E-state index contributed by atoms with van der Waals surface area (Å²) in [6, 6.07) is 7.41. The van der Waals surface area contributed by atoms with E-state index in [-0.39, 0.29) is 0 Å². The summed E-state index contributed by atoms with van der Waals surface area (Å²) in [4.78, 5) is 21.7. The highest BCUT2D eigenvalue weighted by Crippen LogP contribution is 2.17. The lowest BCUT2D eigenvalue weighted by molar-refractivity contribution is 0.100. The molecule has 0 saturated heterocycles. The van der Waals surface area contributed by atoms with Crippen molar-refractivity contribution >= 4 is 17.4 Å². The van der Waals surface area contributed by atoms with Crippen LogP contribution in [0.1, 0.15) is 16.1 Å². The van der Waals surface area contributed by atoms with E-state index in [1.165, 1.54) is 6.20 Å². The summed E-state index contributed by atoms with van der Waals surface area (Å²) in [6.07, 6.45) is 4.00. The van der Waals surface area contributed by atoms with E-state index < -0.39 is 5.91 Å². The molecule has 1 amide bonds. The lowest BCUT2D eigenvalue weighted by Gasteiger charge is -2.18. The summed E-state index contributed by atoms with van der Waals surface area (Å²) in [6.45, 7) is 0.728. The lowest BCUT2D eigenvalue weighted by atomic mass is 10.2. The van der Waals surface area contributed by atoms with E-state index in [4.69, 9.17) is 11.5 Å². The Hall–Kier alpha value is -2.63. The number of pyridine rings is 2. The third-order valence-electron chi connectivity index (χ3n) is 3.01. The molecule has 2 aromatic heterocycles. The van der Waals surface area contributed by atoms with Gasteiger partial charge in [-0.25, -0.2) is 4.98 Å². The minimum atomic E-state index is -0.552. The molecule has 0 saturated carbocycles. The summed E-state index contributed by atoms with van der Waals surface area (Å²) >= 11 is 0. The van der Waals surface area contributed by atoms with Crippen molar-refractivity contribution in [1.29, 1.82) is 0 Å². The second-order valence-electron chi connectivity index (χ2n) is 4.49. The number of amides is 1. The van der Waals surface area contributed by atoms with Crippen molar-refractivity contribution in [2.45, 2.75) is 6.42 Å². The molecule has 0 radical (unpaired) electrons. The summed E-state index contributed by atoms with van der Waals surface area (Å²) in [5.41, 5.74) is 12.5. The number of nitrogen functional groups attached to an aromatic ring is 1. The molecule has 20 heavy (non-hydrogen) atoms. The van der Waals surface area contributed by atoms with Gasteiger partial charge in [-0.3, -0.25) is 9.78 Å². The van der Waals surface area contributed by atoms with Gasteiger partial charge < -0.3 is 16.4 Å². The number of nitrogens with two attached hydrogens (primary N) is 2. The normalized spacial score (nSPS) is 10.2. The van der Waals surface area contributed by atoms with E-state index in [1.54, 1.807) is 12.3 Å². The molecule has 4 N–H and O–H groups in total. The van der Waals surface area contributed by atoms with Crippen molar-refractivity contribution in [3.05, 3.63) is 47.9 Å². The van der Waals surface area contributed by atoms with E-state index in [9.17, 15) is 4.79 Å². The SMILES string of the molecule is CN(CCc1ccccn1)c1cc(C(N)=O)c(N)cn1. The average Bonchev–Trinajstić information content (AvgIpc) is 2.46. The van der Waals surface area contributed by atoms with Gasteiger partial charge in [0.2, 0.25) is 0 Å². The van der Waals surface area contributed by atoms with Gasteiger partial charge in [0.25, 0.3) is 5.91 Å². The molecular formula is C14H17N5O. The Morgan fingerprint density at radius 2 is 2.15 bits per heavy atom. The zero-order valence-corrected chi connectivity index (χ0v) is 11.3. The highest BCUT2D eigenvalue weighted by molar-refractivity contribution is 5.98. The van der Waals surface area contributed by atoms with E-state index >= 15 is 0 Å². The van der Waals surface area contributed by atoms with Crippen LogP contribution in [0.3, 0.4) is 0 Å². The fourth-order valence-corrected chi connectivity index (χ4v) is 1.82. The largest absolute Gasteiger partial charge is 0.397 e. The van der Waals surface area contributed by atoms with Crippen molar-refractivity contribution < 1.29 is 4.79 Å². The van der Waals surface area contributed by atoms with Crippen LogP contribution in [0.5, 0.6) is 0 Å². The predicted octanol–water partition coefficient (Wildman–Crippen LogP) is 0.837. The van der Waals surface area contributed by atoms with Crippen LogP contribution in [0.2, 0.25) is 0 Å². The van der Waals surface area contributed by atoms with Gasteiger partial charge in [-0.05, 0) is 18.2 Å². The number of rotatable bonds is 5. The summed E-state index contributed by atoms with van der Waals surface area (Å²) < 4.78 is 0. The van der Waals surface area contributed by atoms with Gasteiger partial charge in [-0.1, -0.05) is 6.07 Å². The molecule has 0 aromatic carbocycles. The summed E-state index contributed by atoms with van der Waals surface area (Å²) in [5.74, 6) is 0.105. The minimum absolute atomic E-state index is 0.291. The van der Waals surface area contributed by atoms with Crippen LogP contribution in [0.15, 0.2) is 36.7 Å². The monoisotopic (exact) mass is 271 g/mol. The molecule has 0 fully saturated rings. The first-order valence-corrected chi connectivity index (χ1v) is 6.24. The third-order valence-corrected chi connectivity index (χ3v) is 3.01. The smallest absolute Gasteiger partial charge is 0.250 e. The average molecular weight is 271 g/mol. The van der Waals surface area contributed by atoms with Crippen LogP contribution < -0.4 is 16.4 Å². The lowest BCUT2D eigenvalue weighted by Crippen LogP contribution is -2.23. The van der Waals surface area contributed by atoms with Gasteiger partial charge in [0, 0.05) is 31.9 Å². The molecule has 2 rings (SSSR count). The molecule has 0 bridgehead atoms. The Bertz CT molecular complexity index is 600. The quantitative estimate of drug-likeness (QED) is 0.839. The predicted molar refractivity (Wildman–Crippen MR) is 78.4 cm³/mol. The molecular weight excluding hydrogens is 254 g/mol. The number of aromatic nitrogens is 2. The number of carbonyl (C=O) groups excluding carboxylic acids is 1. The number of carbonyl (C=O) groups is 1. The van der Waals surface area contributed by atoms with Crippen LogP contribution in [-0.4, -0.2) is 29.5 Å². The molecule has 0 aliphatic heterocycles. The van der Waals surface area contributed by atoms with Crippen LogP contribution in [0, 0.1) is 0 Å².